The number of hydrogen-bond acceptors (Lipinski definition) is 3. The smallest absolute Gasteiger partial charge is 0.268 e. The molecule has 0 aliphatic heterocycles. The summed E-state index contributed by atoms with van der Waals surface area (Å²) in [5.74, 6) is -3.87. The minimum Gasteiger partial charge on any atom is -0.268 e. The predicted molar refractivity (Wildman–Crippen MR) is 140 cm³/mol. The summed E-state index contributed by atoms with van der Waals surface area (Å²) in [4.78, 5) is 13.7. The third-order valence-corrected chi connectivity index (χ3v) is 6.83. The quantitative estimate of drug-likeness (QED) is 0.101. The van der Waals surface area contributed by atoms with E-state index in [1.54, 1.807) is 30.3 Å². The molecule has 0 aliphatic rings. The monoisotopic (exact) mass is 543 g/mol. The third-order valence-electron chi connectivity index (χ3n) is 6.83. The lowest BCUT2D eigenvalue weighted by Gasteiger charge is -2.35. The maximum Gasteiger partial charge on any atom is 0.292 e. The standard InChI is InChI=1S/C32H21F4NO3/c33-25-15-17-29(35)28(18-25)21-8-12-24(13-9-21)32(31(38)37(39)40,22-4-2-1-3-5-22)23-10-6-20(7-11-23)27-16-14-26(34)19-30(27)36/h1-19,39-40H. The van der Waals surface area contributed by atoms with Crippen molar-refractivity contribution in [3.8, 4) is 22.3 Å². The van der Waals surface area contributed by atoms with Crippen LogP contribution in [0.1, 0.15) is 16.7 Å². The van der Waals surface area contributed by atoms with Crippen molar-refractivity contribution >= 4 is 5.91 Å². The molecule has 8 heteroatoms. The van der Waals surface area contributed by atoms with Crippen LogP contribution in [-0.2, 0) is 10.2 Å². The second-order valence-corrected chi connectivity index (χ2v) is 9.11. The van der Waals surface area contributed by atoms with E-state index in [2.05, 4.69) is 0 Å². The van der Waals surface area contributed by atoms with Gasteiger partial charge in [0.25, 0.3) is 5.91 Å². The molecule has 0 aliphatic carbocycles. The van der Waals surface area contributed by atoms with Crippen molar-refractivity contribution in [2.45, 2.75) is 5.41 Å². The highest BCUT2D eigenvalue weighted by Gasteiger charge is 2.46. The van der Waals surface area contributed by atoms with Crippen LogP contribution in [0, 0.1) is 23.3 Å². The highest BCUT2D eigenvalue weighted by atomic mass is 19.1. The Morgan fingerprint density at radius 1 is 0.550 bits per heavy atom. The summed E-state index contributed by atoms with van der Waals surface area (Å²) in [6.07, 6.45) is 0. The lowest BCUT2D eigenvalue weighted by molar-refractivity contribution is -0.287. The maximum atomic E-state index is 14.4. The second kappa shape index (κ2) is 10.8. The first-order valence-electron chi connectivity index (χ1n) is 12.1. The highest BCUT2D eigenvalue weighted by molar-refractivity contribution is 5.95. The fourth-order valence-electron chi connectivity index (χ4n) is 4.95. The number of nitrogens with zero attached hydrogens (tertiary/aromatic N) is 1. The van der Waals surface area contributed by atoms with Gasteiger partial charge in [-0.3, -0.25) is 15.2 Å². The van der Waals surface area contributed by atoms with E-state index in [0.29, 0.717) is 22.3 Å². The number of hydroxylamine groups is 2. The Morgan fingerprint density at radius 2 is 1.05 bits per heavy atom. The number of rotatable bonds is 6. The zero-order valence-electron chi connectivity index (χ0n) is 20.7. The zero-order chi connectivity index (χ0) is 28.4. The molecule has 200 valence electrons. The first-order valence-corrected chi connectivity index (χ1v) is 12.1. The molecular formula is C32H21F4NO3. The minimum atomic E-state index is -1.82. The van der Waals surface area contributed by atoms with Gasteiger partial charge in [0, 0.05) is 17.2 Å². The maximum absolute atomic E-state index is 14.4. The number of hydrogen-bond donors (Lipinski definition) is 2. The van der Waals surface area contributed by atoms with Crippen LogP contribution in [0.2, 0.25) is 0 Å². The molecule has 1 unspecified atom stereocenters. The van der Waals surface area contributed by atoms with Crippen molar-refractivity contribution in [1.82, 2.24) is 5.23 Å². The van der Waals surface area contributed by atoms with Crippen molar-refractivity contribution in [1.29, 1.82) is 0 Å². The first kappa shape index (κ1) is 26.8. The molecule has 5 aromatic rings. The molecule has 5 rings (SSSR count). The van der Waals surface area contributed by atoms with Crippen LogP contribution in [0.25, 0.3) is 22.3 Å². The van der Waals surface area contributed by atoms with Crippen LogP contribution in [0.5, 0.6) is 0 Å². The summed E-state index contributed by atoms with van der Waals surface area (Å²) in [5, 5.41) is 19.5. The summed E-state index contributed by atoms with van der Waals surface area (Å²) in [6, 6.07) is 26.8. The SMILES string of the molecule is O=C(N(O)O)C(c1ccccc1)(c1ccc(-c2ccc(F)cc2F)cc1)c1ccc(-c2cc(F)ccc2F)cc1. The van der Waals surface area contributed by atoms with E-state index < -0.39 is 39.8 Å². The average Bonchev–Trinajstić information content (AvgIpc) is 2.96. The molecule has 1 amide bonds. The van der Waals surface area contributed by atoms with Crippen molar-refractivity contribution < 1.29 is 32.8 Å². The highest BCUT2D eigenvalue weighted by Crippen LogP contribution is 2.42. The number of carbonyl (C=O) groups excluding carboxylic acids is 1. The molecule has 0 bridgehead atoms. The van der Waals surface area contributed by atoms with Crippen LogP contribution >= 0.6 is 0 Å². The normalized spacial score (nSPS) is 12.6. The summed E-state index contributed by atoms with van der Waals surface area (Å²) >= 11 is 0. The van der Waals surface area contributed by atoms with Crippen LogP contribution < -0.4 is 0 Å². The Bertz CT molecular complexity index is 1670. The van der Waals surface area contributed by atoms with Gasteiger partial charge in [0.1, 0.15) is 28.7 Å². The van der Waals surface area contributed by atoms with E-state index in [-0.39, 0.29) is 16.7 Å². The molecule has 5 aromatic carbocycles. The fourth-order valence-corrected chi connectivity index (χ4v) is 4.95. The van der Waals surface area contributed by atoms with Gasteiger partial charge in [0.15, 0.2) is 0 Å². The Labute approximate surface area is 226 Å². The molecule has 0 spiro atoms. The molecule has 0 saturated heterocycles. The number of carbonyl (C=O) groups is 1. The van der Waals surface area contributed by atoms with E-state index in [1.807, 2.05) is 0 Å². The summed E-state index contributed by atoms with van der Waals surface area (Å²) in [7, 11) is 0. The number of halogens is 4. The molecule has 2 N–H and O–H groups in total. The second-order valence-electron chi connectivity index (χ2n) is 9.11. The van der Waals surface area contributed by atoms with E-state index in [4.69, 9.17) is 0 Å². The predicted octanol–water partition coefficient (Wildman–Crippen LogP) is 7.52. The minimum absolute atomic E-state index is 0.0137. The van der Waals surface area contributed by atoms with Crippen LogP contribution in [-0.4, -0.2) is 21.5 Å². The van der Waals surface area contributed by atoms with Crippen molar-refractivity contribution in [2.24, 2.45) is 0 Å². The molecule has 0 saturated carbocycles. The third kappa shape index (κ3) is 4.75. The Morgan fingerprint density at radius 3 is 1.60 bits per heavy atom. The van der Waals surface area contributed by atoms with E-state index in [9.17, 15) is 32.8 Å². The largest absolute Gasteiger partial charge is 0.292 e. The molecule has 0 heterocycles. The molecular weight excluding hydrogens is 522 g/mol. The van der Waals surface area contributed by atoms with Crippen LogP contribution in [0.4, 0.5) is 17.6 Å². The molecule has 40 heavy (non-hydrogen) atoms. The number of benzene rings is 5. The lowest BCUT2D eigenvalue weighted by Crippen LogP contribution is -2.46. The first-order chi connectivity index (χ1) is 19.2. The molecule has 0 radical (unpaired) electrons. The van der Waals surface area contributed by atoms with Gasteiger partial charge >= 0.3 is 0 Å². The number of amides is 1. The summed E-state index contributed by atoms with van der Waals surface area (Å²) < 4.78 is 56.1. The van der Waals surface area contributed by atoms with Crippen molar-refractivity contribution in [3.05, 3.63) is 155 Å². The molecule has 1 atom stereocenters. The Balaban J connectivity index is 1.71. The van der Waals surface area contributed by atoms with Gasteiger partial charge in [0.2, 0.25) is 0 Å². The summed E-state index contributed by atoms with van der Waals surface area (Å²) in [6.45, 7) is 0. The Kier molecular flexibility index (Phi) is 7.21. The molecule has 0 fully saturated rings. The van der Waals surface area contributed by atoms with Crippen LogP contribution in [0.3, 0.4) is 0 Å². The van der Waals surface area contributed by atoms with Crippen molar-refractivity contribution in [3.63, 3.8) is 0 Å². The lowest BCUT2D eigenvalue weighted by atomic mass is 9.68. The van der Waals surface area contributed by atoms with Gasteiger partial charge in [-0.15, -0.1) is 0 Å². The topological polar surface area (TPSA) is 60.8 Å². The fraction of sp³-hybridized carbons (Fsp3) is 0.0312. The van der Waals surface area contributed by atoms with Gasteiger partial charge < -0.3 is 0 Å². The van der Waals surface area contributed by atoms with Gasteiger partial charge in [0.05, 0.1) is 0 Å². The molecule has 0 aromatic heterocycles. The van der Waals surface area contributed by atoms with E-state index in [1.165, 1.54) is 54.6 Å². The van der Waals surface area contributed by atoms with Gasteiger partial charge in [-0.05, 0) is 58.1 Å². The van der Waals surface area contributed by atoms with Gasteiger partial charge in [-0.2, -0.15) is 0 Å². The van der Waals surface area contributed by atoms with Gasteiger partial charge in [-0.1, -0.05) is 84.1 Å². The van der Waals surface area contributed by atoms with Gasteiger partial charge in [-0.25, -0.2) is 17.6 Å². The van der Waals surface area contributed by atoms with E-state index >= 15 is 0 Å². The average molecular weight is 544 g/mol. The van der Waals surface area contributed by atoms with Crippen LogP contribution in [0.15, 0.2) is 115 Å². The Hall–Kier alpha value is -4.79. The van der Waals surface area contributed by atoms with Crippen molar-refractivity contribution in [2.75, 3.05) is 0 Å². The summed E-state index contributed by atoms with van der Waals surface area (Å²) in [5.41, 5.74) is 0.0321. The van der Waals surface area contributed by atoms with E-state index in [0.717, 1.165) is 30.3 Å². The molecule has 4 nitrogen and oxygen atoms in total. The zero-order valence-corrected chi connectivity index (χ0v) is 20.7.